The number of carbonyl (C=O) groups is 1. The van der Waals surface area contributed by atoms with Crippen molar-refractivity contribution < 1.29 is 9.53 Å². The maximum Gasteiger partial charge on any atom is 0.310 e. The van der Waals surface area contributed by atoms with Gasteiger partial charge in [-0.15, -0.1) is 5.10 Å². The fourth-order valence-corrected chi connectivity index (χ4v) is 2.85. The van der Waals surface area contributed by atoms with E-state index in [1.807, 2.05) is 13.8 Å². The third-order valence-corrected chi connectivity index (χ3v) is 3.92. The van der Waals surface area contributed by atoms with Gasteiger partial charge in [-0.2, -0.15) is 0 Å². The van der Waals surface area contributed by atoms with Crippen LogP contribution in [0.1, 0.15) is 26.7 Å². The Balaban J connectivity index is 1.87. The predicted octanol–water partition coefficient (Wildman–Crippen LogP) is 1.02. The largest absolute Gasteiger partial charge is 0.466 e. The Hall–Kier alpha value is -2.25. The van der Waals surface area contributed by atoms with E-state index in [1.54, 1.807) is 4.68 Å². The maximum atomic E-state index is 12.0. The number of ether oxygens (including phenoxy) is 1. The number of hydrogen-bond donors (Lipinski definition) is 0. The molecule has 2 aromatic heterocycles. The number of piperidine rings is 1. The molecular weight excluding hydrogens is 284 g/mol. The number of aryl methyl sites for hydroxylation is 1. The summed E-state index contributed by atoms with van der Waals surface area (Å²) in [5.74, 6) is 0.508. The standard InChI is InChI=1S/C14H20N6O2/c1-3-20-13-11(17-18-20)12(15-9-16-13)19-7-5-6-10(8-19)14(21)22-4-2/h9-10H,3-8H2,1-2H3/t10-/m0/s1. The Morgan fingerprint density at radius 2 is 2.27 bits per heavy atom. The number of aromatic nitrogens is 5. The number of anilines is 1. The second-order valence-corrected chi connectivity index (χ2v) is 5.31. The van der Waals surface area contributed by atoms with E-state index in [1.165, 1.54) is 6.33 Å². The average molecular weight is 304 g/mol. The maximum absolute atomic E-state index is 12.0. The lowest BCUT2D eigenvalue weighted by molar-refractivity contribution is -0.148. The first kappa shape index (κ1) is 14.7. The van der Waals surface area contributed by atoms with E-state index in [4.69, 9.17) is 4.74 Å². The minimum absolute atomic E-state index is 0.111. The number of carbonyl (C=O) groups excluding carboxylic acids is 1. The molecule has 22 heavy (non-hydrogen) atoms. The average Bonchev–Trinajstić information content (AvgIpc) is 2.98. The topological polar surface area (TPSA) is 86.0 Å². The van der Waals surface area contributed by atoms with Gasteiger partial charge in [-0.25, -0.2) is 14.6 Å². The molecule has 0 N–H and O–H groups in total. The molecule has 2 aromatic rings. The summed E-state index contributed by atoms with van der Waals surface area (Å²) in [6.07, 6.45) is 3.31. The molecule has 0 bridgehead atoms. The van der Waals surface area contributed by atoms with Crippen molar-refractivity contribution in [1.82, 2.24) is 25.0 Å². The summed E-state index contributed by atoms with van der Waals surface area (Å²) in [4.78, 5) is 22.7. The van der Waals surface area contributed by atoms with Crippen LogP contribution < -0.4 is 4.90 Å². The van der Waals surface area contributed by atoms with Gasteiger partial charge in [0.2, 0.25) is 0 Å². The summed E-state index contributed by atoms with van der Waals surface area (Å²) < 4.78 is 6.89. The number of nitrogens with zero attached hydrogens (tertiary/aromatic N) is 6. The highest BCUT2D eigenvalue weighted by atomic mass is 16.5. The third kappa shape index (κ3) is 2.60. The zero-order chi connectivity index (χ0) is 15.5. The number of fused-ring (bicyclic) bond motifs is 1. The summed E-state index contributed by atoms with van der Waals surface area (Å²) in [7, 11) is 0. The molecule has 8 heteroatoms. The SMILES string of the molecule is CCOC(=O)[C@H]1CCCN(c2ncnc3c2nnn3CC)C1. The van der Waals surface area contributed by atoms with E-state index in [0.717, 1.165) is 30.9 Å². The summed E-state index contributed by atoms with van der Waals surface area (Å²) in [6.45, 7) is 6.39. The van der Waals surface area contributed by atoms with Crippen LogP contribution in [0.3, 0.4) is 0 Å². The molecule has 0 radical (unpaired) electrons. The van der Waals surface area contributed by atoms with Crippen molar-refractivity contribution in [2.24, 2.45) is 5.92 Å². The Morgan fingerprint density at radius 3 is 3.05 bits per heavy atom. The van der Waals surface area contributed by atoms with Crippen LogP contribution in [0.15, 0.2) is 6.33 Å². The monoisotopic (exact) mass is 304 g/mol. The predicted molar refractivity (Wildman–Crippen MR) is 80.4 cm³/mol. The second kappa shape index (κ2) is 6.25. The number of esters is 1. The minimum atomic E-state index is -0.130. The van der Waals surface area contributed by atoms with Gasteiger partial charge in [0.05, 0.1) is 12.5 Å². The fraction of sp³-hybridized carbons (Fsp3) is 0.643. The summed E-state index contributed by atoms with van der Waals surface area (Å²) in [5.41, 5.74) is 1.42. The van der Waals surface area contributed by atoms with Crippen molar-refractivity contribution in [3.05, 3.63) is 6.33 Å². The normalized spacial score (nSPS) is 18.6. The Kier molecular flexibility index (Phi) is 4.17. The van der Waals surface area contributed by atoms with E-state index in [2.05, 4.69) is 25.2 Å². The lowest BCUT2D eigenvalue weighted by atomic mass is 9.98. The molecule has 0 unspecified atom stereocenters. The van der Waals surface area contributed by atoms with Crippen LogP contribution in [-0.4, -0.2) is 50.6 Å². The molecule has 0 aliphatic carbocycles. The smallest absolute Gasteiger partial charge is 0.310 e. The van der Waals surface area contributed by atoms with Gasteiger partial charge >= 0.3 is 5.97 Å². The molecule has 0 saturated carbocycles. The van der Waals surface area contributed by atoms with E-state index < -0.39 is 0 Å². The molecule has 3 heterocycles. The van der Waals surface area contributed by atoms with E-state index in [9.17, 15) is 4.79 Å². The first-order valence-electron chi connectivity index (χ1n) is 7.70. The van der Waals surface area contributed by atoms with Crippen molar-refractivity contribution >= 4 is 23.0 Å². The van der Waals surface area contributed by atoms with Crippen molar-refractivity contribution in [3.8, 4) is 0 Å². The minimum Gasteiger partial charge on any atom is -0.466 e. The quantitative estimate of drug-likeness (QED) is 0.779. The lowest BCUT2D eigenvalue weighted by Crippen LogP contribution is -2.40. The van der Waals surface area contributed by atoms with Crippen molar-refractivity contribution in [2.45, 2.75) is 33.2 Å². The van der Waals surface area contributed by atoms with Gasteiger partial charge in [0.1, 0.15) is 6.33 Å². The highest BCUT2D eigenvalue weighted by molar-refractivity contribution is 5.83. The molecular formula is C14H20N6O2. The molecule has 0 amide bonds. The third-order valence-electron chi connectivity index (χ3n) is 3.92. The molecule has 1 fully saturated rings. The first-order chi connectivity index (χ1) is 10.7. The summed E-state index contributed by atoms with van der Waals surface area (Å²) in [5, 5.41) is 8.30. The van der Waals surface area contributed by atoms with Gasteiger partial charge < -0.3 is 9.64 Å². The van der Waals surface area contributed by atoms with E-state index >= 15 is 0 Å². The molecule has 1 saturated heterocycles. The highest BCUT2D eigenvalue weighted by Crippen LogP contribution is 2.26. The molecule has 8 nitrogen and oxygen atoms in total. The fourth-order valence-electron chi connectivity index (χ4n) is 2.85. The van der Waals surface area contributed by atoms with Crippen LogP contribution in [0.25, 0.3) is 11.2 Å². The first-order valence-corrected chi connectivity index (χ1v) is 7.70. The molecule has 1 aliphatic heterocycles. The van der Waals surface area contributed by atoms with Gasteiger partial charge in [-0.3, -0.25) is 4.79 Å². The Morgan fingerprint density at radius 1 is 1.41 bits per heavy atom. The molecule has 1 aliphatic rings. The summed E-state index contributed by atoms with van der Waals surface area (Å²) >= 11 is 0. The molecule has 3 rings (SSSR count). The highest BCUT2D eigenvalue weighted by Gasteiger charge is 2.29. The van der Waals surface area contributed by atoms with E-state index in [0.29, 0.717) is 25.2 Å². The second-order valence-electron chi connectivity index (χ2n) is 5.31. The number of rotatable bonds is 4. The molecule has 0 spiro atoms. The van der Waals surface area contributed by atoms with Crippen molar-refractivity contribution in [2.75, 3.05) is 24.6 Å². The number of hydrogen-bond acceptors (Lipinski definition) is 7. The van der Waals surface area contributed by atoms with Gasteiger partial charge in [0.25, 0.3) is 0 Å². The Bertz CT molecular complexity index is 670. The van der Waals surface area contributed by atoms with Crippen LogP contribution in [0.5, 0.6) is 0 Å². The zero-order valence-corrected chi connectivity index (χ0v) is 12.9. The van der Waals surface area contributed by atoms with Gasteiger partial charge in [-0.1, -0.05) is 5.21 Å². The van der Waals surface area contributed by atoms with Crippen molar-refractivity contribution in [1.29, 1.82) is 0 Å². The summed E-state index contributed by atoms with van der Waals surface area (Å²) in [6, 6.07) is 0. The van der Waals surface area contributed by atoms with Crippen LogP contribution in [0, 0.1) is 5.92 Å². The van der Waals surface area contributed by atoms with Gasteiger partial charge in [0.15, 0.2) is 17.0 Å². The Labute approximate surface area is 128 Å². The van der Waals surface area contributed by atoms with Crippen molar-refractivity contribution in [3.63, 3.8) is 0 Å². The van der Waals surface area contributed by atoms with Crippen LogP contribution in [0.4, 0.5) is 5.82 Å². The van der Waals surface area contributed by atoms with Gasteiger partial charge in [-0.05, 0) is 26.7 Å². The lowest BCUT2D eigenvalue weighted by Gasteiger charge is -2.32. The van der Waals surface area contributed by atoms with Crippen LogP contribution >= 0.6 is 0 Å². The molecule has 0 aromatic carbocycles. The molecule has 118 valence electrons. The van der Waals surface area contributed by atoms with Gasteiger partial charge in [0, 0.05) is 19.6 Å². The zero-order valence-electron chi connectivity index (χ0n) is 12.9. The van der Waals surface area contributed by atoms with Crippen LogP contribution in [0.2, 0.25) is 0 Å². The molecule has 1 atom stereocenters. The van der Waals surface area contributed by atoms with Crippen LogP contribution in [-0.2, 0) is 16.1 Å². The van der Waals surface area contributed by atoms with E-state index in [-0.39, 0.29) is 11.9 Å².